The van der Waals surface area contributed by atoms with E-state index in [4.69, 9.17) is 5.10 Å². The molecule has 0 unspecified atom stereocenters. The van der Waals surface area contributed by atoms with Crippen molar-refractivity contribution in [3.8, 4) is 0 Å². The van der Waals surface area contributed by atoms with E-state index < -0.39 is 6.04 Å². The van der Waals surface area contributed by atoms with Crippen LogP contribution in [0.25, 0.3) is 0 Å². The Balaban J connectivity index is 1.68. The van der Waals surface area contributed by atoms with E-state index >= 15 is 0 Å². The van der Waals surface area contributed by atoms with Crippen molar-refractivity contribution in [3.63, 3.8) is 0 Å². The fraction of sp³-hybridized carbons (Fsp3) is 0.233. The number of hydrazone groups is 1. The molecule has 35 heavy (non-hydrogen) atoms. The molecule has 1 atom stereocenters. The van der Waals surface area contributed by atoms with Crippen LogP contribution in [0.5, 0.6) is 0 Å². The van der Waals surface area contributed by atoms with Gasteiger partial charge in [0.05, 0.1) is 12.3 Å². The van der Waals surface area contributed by atoms with Crippen molar-refractivity contribution < 1.29 is 9.59 Å². The number of nitrogens with zero attached hydrogens (tertiary/aromatic N) is 3. The highest BCUT2D eigenvalue weighted by molar-refractivity contribution is 6.13. The Morgan fingerprint density at radius 3 is 1.91 bits per heavy atom. The fourth-order valence-electron chi connectivity index (χ4n) is 4.33. The Labute approximate surface area is 207 Å². The van der Waals surface area contributed by atoms with Crippen LogP contribution in [0.2, 0.25) is 0 Å². The standard InChI is InChI=1S/C30H31N3O2/c1-22(2)19-28(34)27(20-24-13-7-4-8-14-24)33-23(3)21-32(30(33)35)31-29(25-15-9-5-10-16-25)26-17-11-6-12-18-26/h4-18,22,27H,3,19-21H2,1-2H3/t27-/m1/s1. The maximum atomic E-state index is 13.7. The molecule has 2 amide bonds. The molecule has 0 bridgehead atoms. The van der Waals surface area contributed by atoms with Gasteiger partial charge in [0.15, 0.2) is 5.78 Å². The number of rotatable bonds is 9. The van der Waals surface area contributed by atoms with Crippen LogP contribution in [-0.2, 0) is 11.2 Å². The SMILES string of the molecule is C=C1CN(N=C(c2ccccc2)c2ccccc2)C(=O)N1[C@H](Cc1ccccc1)C(=O)CC(C)C. The normalized spacial score (nSPS) is 14.4. The maximum Gasteiger partial charge on any atom is 0.345 e. The zero-order valence-electron chi connectivity index (χ0n) is 20.3. The van der Waals surface area contributed by atoms with Crippen LogP contribution in [-0.4, -0.2) is 40.0 Å². The van der Waals surface area contributed by atoms with Gasteiger partial charge in [-0.25, -0.2) is 9.80 Å². The Kier molecular flexibility index (Phi) is 7.56. The van der Waals surface area contributed by atoms with Crippen LogP contribution in [0.15, 0.2) is 108 Å². The van der Waals surface area contributed by atoms with Crippen LogP contribution in [0.1, 0.15) is 37.0 Å². The summed E-state index contributed by atoms with van der Waals surface area (Å²) >= 11 is 0. The van der Waals surface area contributed by atoms with E-state index in [1.807, 2.05) is 105 Å². The lowest BCUT2D eigenvalue weighted by atomic mass is 9.95. The van der Waals surface area contributed by atoms with Gasteiger partial charge in [-0.2, -0.15) is 5.10 Å². The minimum atomic E-state index is -0.614. The summed E-state index contributed by atoms with van der Waals surface area (Å²) in [5, 5.41) is 6.22. The van der Waals surface area contributed by atoms with Gasteiger partial charge in [-0.3, -0.25) is 9.69 Å². The minimum absolute atomic E-state index is 0.0375. The molecule has 3 aromatic carbocycles. The first kappa shape index (κ1) is 24.1. The van der Waals surface area contributed by atoms with E-state index in [0.717, 1.165) is 16.7 Å². The van der Waals surface area contributed by atoms with E-state index in [9.17, 15) is 9.59 Å². The van der Waals surface area contributed by atoms with E-state index in [1.54, 1.807) is 4.90 Å². The molecule has 0 spiro atoms. The monoisotopic (exact) mass is 465 g/mol. The molecule has 0 aromatic heterocycles. The second kappa shape index (κ2) is 11.0. The first-order valence-corrected chi connectivity index (χ1v) is 12.0. The predicted molar refractivity (Wildman–Crippen MR) is 140 cm³/mol. The minimum Gasteiger partial charge on any atom is -0.297 e. The molecular formula is C30H31N3O2. The van der Waals surface area contributed by atoms with Crippen LogP contribution >= 0.6 is 0 Å². The molecule has 5 heteroatoms. The molecule has 4 rings (SSSR count). The summed E-state index contributed by atoms with van der Waals surface area (Å²) in [6.45, 7) is 8.42. The number of ketones is 1. The maximum absolute atomic E-state index is 13.7. The van der Waals surface area contributed by atoms with Crippen molar-refractivity contribution in [1.29, 1.82) is 0 Å². The van der Waals surface area contributed by atoms with E-state index in [-0.39, 0.29) is 24.3 Å². The van der Waals surface area contributed by atoms with Crippen LogP contribution in [0, 0.1) is 5.92 Å². The molecule has 178 valence electrons. The third-order valence-electron chi connectivity index (χ3n) is 5.98. The van der Waals surface area contributed by atoms with Crippen molar-refractivity contribution in [2.75, 3.05) is 6.54 Å². The van der Waals surface area contributed by atoms with Gasteiger partial charge >= 0.3 is 6.03 Å². The lowest BCUT2D eigenvalue weighted by Gasteiger charge is -2.27. The lowest BCUT2D eigenvalue weighted by molar-refractivity contribution is -0.123. The summed E-state index contributed by atoms with van der Waals surface area (Å²) in [5.74, 6) is 0.235. The highest BCUT2D eigenvalue weighted by Crippen LogP contribution is 2.26. The molecule has 0 aliphatic carbocycles. The molecule has 0 saturated carbocycles. The smallest absolute Gasteiger partial charge is 0.297 e. The summed E-state index contributed by atoms with van der Waals surface area (Å²) in [4.78, 5) is 28.5. The van der Waals surface area contributed by atoms with Gasteiger partial charge in [-0.1, -0.05) is 111 Å². The van der Waals surface area contributed by atoms with Gasteiger partial charge in [-0.15, -0.1) is 0 Å². The molecule has 3 aromatic rings. The first-order chi connectivity index (χ1) is 16.9. The Morgan fingerprint density at radius 1 is 0.886 bits per heavy atom. The molecule has 1 aliphatic rings. The van der Waals surface area contributed by atoms with Crippen molar-refractivity contribution >= 4 is 17.5 Å². The molecule has 1 aliphatic heterocycles. The topological polar surface area (TPSA) is 53.0 Å². The summed E-state index contributed by atoms with van der Waals surface area (Å²) in [7, 11) is 0. The highest BCUT2D eigenvalue weighted by atomic mass is 16.2. The number of amides is 2. The average Bonchev–Trinajstić information content (AvgIpc) is 3.14. The van der Waals surface area contributed by atoms with Crippen molar-refractivity contribution in [2.24, 2.45) is 11.0 Å². The van der Waals surface area contributed by atoms with E-state index in [1.165, 1.54) is 5.01 Å². The number of urea groups is 1. The number of carbonyl (C=O) groups is 2. The largest absolute Gasteiger partial charge is 0.345 e. The molecule has 5 nitrogen and oxygen atoms in total. The lowest BCUT2D eigenvalue weighted by Crippen LogP contribution is -2.44. The summed E-state index contributed by atoms with van der Waals surface area (Å²) in [6.07, 6.45) is 0.843. The first-order valence-electron chi connectivity index (χ1n) is 12.0. The number of hydrogen-bond acceptors (Lipinski definition) is 3. The highest BCUT2D eigenvalue weighted by Gasteiger charge is 2.40. The molecule has 1 heterocycles. The van der Waals surface area contributed by atoms with Crippen LogP contribution < -0.4 is 0 Å². The zero-order chi connectivity index (χ0) is 24.8. The van der Waals surface area contributed by atoms with Gasteiger partial charge in [0.25, 0.3) is 0 Å². The van der Waals surface area contributed by atoms with Crippen molar-refractivity contribution in [3.05, 3.63) is 120 Å². The average molecular weight is 466 g/mol. The predicted octanol–water partition coefficient (Wildman–Crippen LogP) is 5.92. The zero-order valence-corrected chi connectivity index (χ0v) is 20.3. The van der Waals surface area contributed by atoms with Gasteiger partial charge < -0.3 is 0 Å². The van der Waals surface area contributed by atoms with E-state index in [0.29, 0.717) is 24.3 Å². The van der Waals surface area contributed by atoms with Gasteiger partial charge in [0, 0.05) is 29.7 Å². The van der Waals surface area contributed by atoms with Gasteiger partial charge in [0.1, 0.15) is 6.04 Å². The Hall–Kier alpha value is -3.99. The molecule has 1 saturated heterocycles. The van der Waals surface area contributed by atoms with Crippen molar-refractivity contribution in [1.82, 2.24) is 9.91 Å². The second-order valence-corrected chi connectivity index (χ2v) is 9.23. The summed E-state index contributed by atoms with van der Waals surface area (Å²) in [6, 6.07) is 28.5. The van der Waals surface area contributed by atoms with Crippen LogP contribution in [0.3, 0.4) is 0 Å². The number of hydrogen-bond donors (Lipinski definition) is 0. The number of carbonyl (C=O) groups excluding carboxylic acids is 2. The molecule has 1 fully saturated rings. The number of benzene rings is 3. The van der Waals surface area contributed by atoms with Crippen molar-refractivity contribution in [2.45, 2.75) is 32.7 Å². The Morgan fingerprint density at radius 2 is 1.40 bits per heavy atom. The van der Waals surface area contributed by atoms with Crippen LogP contribution in [0.4, 0.5) is 4.79 Å². The number of Topliss-reactive ketones (excluding diaryl/α,β-unsaturated/α-hetero) is 1. The van der Waals surface area contributed by atoms with Gasteiger partial charge in [-0.05, 0) is 11.5 Å². The second-order valence-electron chi connectivity index (χ2n) is 9.23. The summed E-state index contributed by atoms with van der Waals surface area (Å²) in [5.41, 5.74) is 4.10. The quantitative estimate of drug-likeness (QED) is 0.369. The summed E-state index contributed by atoms with van der Waals surface area (Å²) < 4.78 is 0. The Bertz CT molecular complexity index is 1160. The fourth-order valence-corrected chi connectivity index (χ4v) is 4.33. The molecular weight excluding hydrogens is 434 g/mol. The van der Waals surface area contributed by atoms with Gasteiger partial charge in [0.2, 0.25) is 0 Å². The molecule has 0 radical (unpaired) electrons. The van der Waals surface area contributed by atoms with E-state index in [2.05, 4.69) is 6.58 Å². The third-order valence-corrected chi connectivity index (χ3v) is 5.98. The third kappa shape index (κ3) is 5.75. The molecule has 0 N–H and O–H groups in total.